The van der Waals surface area contributed by atoms with Crippen LogP contribution in [0.4, 0.5) is 8.78 Å². The number of halogens is 2. The van der Waals surface area contributed by atoms with Crippen LogP contribution in [0.1, 0.15) is 39.7 Å². The maximum absolute atomic E-state index is 13.8. The van der Waals surface area contributed by atoms with Gasteiger partial charge in [0.15, 0.2) is 17.4 Å². The van der Waals surface area contributed by atoms with Crippen molar-refractivity contribution in [1.29, 1.82) is 0 Å². The molecule has 0 bridgehead atoms. The summed E-state index contributed by atoms with van der Waals surface area (Å²) < 4.78 is 38.3. The lowest BCUT2D eigenvalue weighted by atomic mass is 10.2. The molecule has 0 spiro atoms. The molecule has 1 N–H and O–H groups in total. The van der Waals surface area contributed by atoms with E-state index in [2.05, 4.69) is 5.32 Å². The Morgan fingerprint density at radius 1 is 1.10 bits per heavy atom. The predicted molar refractivity (Wildman–Crippen MR) is 79.6 cm³/mol. The molecular formula is C16H25F2NO2. The first-order chi connectivity index (χ1) is 9.83. The average molecular weight is 301 g/mol. The van der Waals surface area contributed by atoms with Gasteiger partial charge >= 0.3 is 0 Å². The summed E-state index contributed by atoms with van der Waals surface area (Å²) in [6.45, 7) is 9.40. The van der Waals surface area contributed by atoms with E-state index in [1.54, 1.807) is 0 Å². The van der Waals surface area contributed by atoms with E-state index in [0.29, 0.717) is 12.1 Å². The molecule has 0 saturated heterocycles. The van der Waals surface area contributed by atoms with Crippen molar-refractivity contribution in [1.82, 2.24) is 5.32 Å². The van der Waals surface area contributed by atoms with Gasteiger partial charge in [0, 0.05) is 6.54 Å². The molecule has 0 fully saturated rings. The van der Waals surface area contributed by atoms with Gasteiger partial charge in [0.1, 0.15) is 6.61 Å². The minimum Gasteiger partial charge on any atom is -0.485 e. The van der Waals surface area contributed by atoms with E-state index in [0.717, 1.165) is 13.0 Å². The molecule has 1 rings (SSSR count). The Labute approximate surface area is 125 Å². The van der Waals surface area contributed by atoms with Crippen molar-refractivity contribution in [2.45, 2.75) is 46.3 Å². The highest BCUT2D eigenvalue weighted by Crippen LogP contribution is 2.23. The zero-order valence-electron chi connectivity index (χ0n) is 13.3. The predicted octanol–water partition coefficient (Wildman–Crippen LogP) is 3.66. The lowest BCUT2D eigenvalue weighted by Crippen LogP contribution is -2.22. The first-order valence-electron chi connectivity index (χ1n) is 7.29. The summed E-state index contributed by atoms with van der Waals surface area (Å²) >= 11 is 0. The highest BCUT2D eigenvalue weighted by atomic mass is 19.1. The normalized spacial score (nSPS) is 11.7. The maximum Gasteiger partial charge on any atom is 0.190 e. The standard InChI is InChI=1S/C16H25F2NO2/c1-5-6-19-11-12-9-13(17)15(14(18)10-12)20-7-8-21-16(2,3)4/h9-10,19H,5-8,11H2,1-4H3. The lowest BCUT2D eigenvalue weighted by molar-refractivity contribution is -0.0170. The third-order valence-corrected chi connectivity index (χ3v) is 2.68. The molecule has 0 aliphatic rings. The summed E-state index contributed by atoms with van der Waals surface area (Å²) in [6, 6.07) is 2.59. The molecule has 0 aromatic heterocycles. The number of ether oxygens (including phenoxy) is 2. The quantitative estimate of drug-likeness (QED) is 0.743. The van der Waals surface area contributed by atoms with Crippen LogP contribution in [-0.2, 0) is 11.3 Å². The Morgan fingerprint density at radius 2 is 1.71 bits per heavy atom. The smallest absolute Gasteiger partial charge is 0.190 e. The third kappa shape index (κ3) is 6.87. The summed E-state index contributed by atoms with van der Waals surface area (Å²) in [7, 11) is 0. The topological polar surface area (TPSA) is 30.5 Å². The van der Waals surface area contributed by atoms with Crippen molar-refractivity contribution >= 4 is 0 Å². The van der Waals surface area contributed by atoms with Crippen molar-refractivity contribution in [3.63, 3.8) is 0 Å². The van der Waals surface area contributed by atoms with Crippen LogP contribution in [0.3, 0.4) is 0 Å². The van der Waals surface area contributed by atoms with Crippen LogP contribution in [-0.4, -0.2) is 25.4 Å². The lowest BCUT2D eigenvalue weighted by Gasteiger charge is -2.19. The minimum atomic E-state index is -0.681. The monoisotopic (exact) mass is 301 g/mol. The van der Waals surface area contributed by atoms with Crippen LogP contribution in [0.2, 0.25) is 0 Å². The first-order valence-corrected chi connectivity index (χ1v) is 7.29. The van der Waals surface area contributed by atoms with Crippen LogP contribution >= 0.6 is 0 Å². The molecule has 0 saturated carbocycles. The Balaban J connectivity index is 2.55. The number of nitrogens with one attached hydrogen (secondary N) is 1. The molecule has 1 aromatic carbocycles. The van der Waals surface area contributed by atoms with Gasteiger partial charge in [-0.25, -0.2) is 8.78 Å². The van der Waals surface area contributed by atoms with Crippen molar-refractivity contribution in [2.75, 3.05) is 19.8 Å². The van der Waals surface area contributed by atoms with Gasteiger partial charge in [-0.15, -0.1) is 0 Å². The summed E-state index contributed by atoms with van der Waals surface area (Å²) in [5, 5.41) is 3.10. The van der Waals surface area contributed by atoms with Crippen LogP contribution < -0.4 is 10.1 Å². The second-order valence-corrected chi connectivity index (χ2v) is 5.87. The van der Waals surface area contributed by atoms with Gasteiger partial charge in [0.25, 0.3) is 0 Å². The van der Waals surface area contributed by atoms with E-state index in [-0.39, 0.29) is 24.6 Å². The molecule has 0 heterocycles. The molecular weight excluding hydrogens is 276 g/mol. The fraction of sp³-hybridized carbons (Fsp3) is 0.625. The molecule has 5 heteroatoms. The zero-order chi connectivity index (χ0) is 15.9. The molecule has 0 radical (unpaired) electrons. The highest BCUT2D eigenvalue weighted by Gasteiger charge is 2.14. The van der Waals surface area contributed by atoms with Crippen molar-refractivity contribution < 1.29 is 18.3 Å². The SMILES string of the molecule is CCCNCc1cc(F)c(OCCOC(C)(C)C)c(F)c1. The number of hydrogen-bond donors (Lipinski definition) is 1. The van der Waals surface area contributed by atoms with Gasteiger partial charge < -0.3 is 14.8 Å². The molecule has 3 nitrogen and oxygen atoms in total. The summed E-state index contributed by atoms with van der Waals surface area (Å²) in [6.07, 6.45) is 0.972. The van der Waals surface area contributed by atoms with E-state index in [4.69, 9.17) is 9.47 Å². The number of rotatable bonds is 8. The molecule has 0 atom stereocenters. The van der Waals surface area contributed by atoms with E-state index in [1.807, 2.05) is 27.7 Å². The molecule has 0 amide bonds. The largest absolute Gasteiger partial charge is 0.485 e. The molecule has 21 heavy (non-hydrogen) atoms. The number of hydrogen-bond acceptors (Lipinski definition) is 3. The maximum atomic E-state index is 13.8. The summed E-state index contributed by atoms with van der Waals surface area (Å²) in [4.78, 5) is 0. The van der Waals surface area contributed by atoms with Crippen molar-refractivity contribution in [3.05, 3.63) is 29.3 Å². The second-order valence-electron chi connectivity index (χ2n) is 5.87. The Morgan fingerprint density at radius 3 is 2.24 bits per heavy atom. The fourth-order valence-corrected chi connectivity index (χ4v) is 1.75. The third-order valence-electron chi connectivity index (χ3n) is 2.68. The zero-order valence-corrected chi connectivity index (χ0v) is 13.3. The minimum absolute atomic E-state index is 0.110. The van der Waals surface area contributed by atoms with E-state index in [9.17, 15) is 8.78 Å². The molecule has 0 unspecified atom stereocenters. The fourth-order valence-electron chi connectivity index (χ4n) is 1.75. The Hall–Kier alpha value is -1.20. The molecule has 0 aliphatic carbocycles. The van der Waals surface area contributed by atoms with Gasteiger partial charge in [-0.05, 0) is 51.4 Å². The second kappa shape index (κ2) is 8.29. The Kier molecular flexibility index (Phi) is 7.05. The average Bonchev–Trinajstić information content (AvgIpc) is 2.36. The van der Waals surface area contributed by atoms with Crippen LogP contribution in [0.5, 0.6) is 5.75 Å². The Bertz CT molecular complexity index is 421. The molecule has 0 aliphatic heterocycles. The van der Waals surface area contributed by atoms with Crippen LogP contribution in [0, 0.1) is 11.6 Å². The summed E-state index contributed by atoms with van der Waals surface area (Å²) in [5.41, 5.74) is 0.270. The van der Waals surface area contributed by atoms with E-state index in [1.165, 1.54) is 12.1 Å². The van der Waals surface area contributed by atoms with Crippen LogP contribution in [0.25, 0.3) is 0 Å². The van der Waals surface area contributed by atoms with Gasteiger partial charge in [0.2, 0.25) is 0 Å². The molecule has 1 aromatic rings. The summed E-state index contributed by atoms with van der Waals surface area (Å²) in [5.74, 6) is -1.70. The van der Waals surface area contributed by atoms with E-state index >= 15 is 0 Å². The van der Waals surface area contributed by atoms with Gasteiger partial charge in [-0.3, -0.25) is 0 Å². The molecule has 120 valence electrons. The first kappa shape index (κ1) is 17.9. The highest BCUT2D eigenvalue weighted by molar-refractivity contribution is 5.31. The van der Waals surface area contributed by atoms with Crippen molar-refractivity contribution in [2.24, 2.45) is 0 Å². The number of benzene rings is 1. The van der Waals surface area contributed by atoms with E-state index < -0.39 is 11.6 Å². The van der Waals surface area contributed by atoms with Crippen LogP contribution in [0.15, 0.2) is 12.1 Å². The van der Waals surface area contributed by atoms with Crippen molar-refractivity contribution in [3.8, 4) is 5.75 Å². The van der Waals surface area contributed by atoms with Gasteiger partial charge in [0.05, 0.1) is 12.2 Å². The van der Waals surface area contributed by atoms with Gasteiger partial charge in [-0.1, -0.05) is 6.92 Å². The van der Waals surface area contributed by atoms with Gasteiger partial charge in [-0.2, -0.15) is 0 Å².